The van der Waals surface area contributed by atoms with E-state index in [0.717, 1.165) is 31.6 Å². The van der Waals surface area contributed by atoms with Crippen molar-refractivity contribution in [2.45, 2.75) is 32.9 Å². The Labute approximate surface area is 139 Å². The molecule has 0 radical (unpaired) electrons. The van der Waals surface area contributed by atoms with Crippen molar-refractivity contribution >= 4 is 6.41 Å². The van der Waals surface area contributed by atoms with Crippen molar-refractivity contribution in [1.29, 1.82) is 0 Å². The summed E-state index contributed by atoms with van der Waals surface area (Å²) >= 11 is 0. The molecule has 0 spiro atoms. The van der Waals surface area contributed by atoms with Gasteiger partial charge in [0.05, 0.1) is 6.61 Å². The van der Waals surface area contributed by atoms with E-state index in [0.29, 0.717) is 6.54 Å². The molecule has 0 saturated heterocycles. The van der Waals surface area contributed by atoms with Crippen LogP contribution in [0.3, 0.4) is 0 Å². The Balaban J connectivity index is 0.000000231. The van der Waals surface area contributed by atoms with Gasteiger partial charge in [-0.25, -0.2) is 0 Å². The molecule has 0 aromatic heterocycles. The largest absolute Gasteiger partial charge is 0.377 e. The van der Waals surface area contributed by atoms with Crippen LogP contribution in [0, 0.1) is 0 Å². The zero-order valence-electron chi connectivity index (χ0n) is 14.2. The third-order valence-electron chi connectivity index (χ3n) is 3.21. The lowest BCUT2D eigenvalue weighted by Crippen LogP contribution is -2.14. The number of rotatable bonds is 8. The maximum absolute atomic E-state index is 10.2. The van der Waals surface area contributed by atoms with Gasteiger partial charge in [0.15, 0.2) is 0 Å². The molecule has 0 unspecified atom stereocenters. The van der Waals surface area contributed by atoms with Crippen molar-refractivity contribution in [2.75, 3.05) is 13.7 Å². The minimum atomic E-state index is 0.685. The number of hydrogen-bond donors (Lipinski definition) is 0. The molecule has 2 rings (SSSR count). The Morgan fingerprint density at radius 3 is 2.04 bits per heavy atom. The average molecular weight is 313 g/mol. The second-order valence-corrected chi connectivity index (χ2v) is 5.40. The van der Waals surface area contributed by atoms with E-state index in [4.69, 9.17) is 4.74 Å². The molecule has 0 aliphatic heterocycles. The Kier molecular flexibility index (Phi) is 10.2. The van der Waals surface area contributed by atoms with Crippen LogP contribution in [0.1, 0.15) is 30.9 Å². The molecule has 0 bridgehead atoms. The summed E-state index contributed by atoms with van der Waals surface area (Å²) in [5.41, 5.74) is 2.41. The van der Waals surface area contributed by atoms with Gasteiger partial charge in [0, 0.05) is 20.2 Å². The Morgan fingerprint density at radius 2 is 1.52 bits per heavy atom. The Morgan fingerprint density at radius 1 is 0.957 bits per heavy atom. The molecule has 3 heteroatoms. The topological polar surface area (TPSA) is 29.5 Å². The van der Waals surface area contributed by atoms with Gasteiger partial charge in [-0.1, -0.05) is 74.0 Å². The SMILES string of the molecule is CCCCOCc1ccccc1.CN(C=O)Cc1ccccc1. The summed E-state index contributed by atoms with van der Waals surface area (Å²) in [5, 5.41) is 0. The minimum Gasteiger partial charge on any atom is -0.377 e. The summed E-state index contributed by atoms with van der Waals surface area (Å²) in [6, 6.07) is 20.2. The molecule has 0 heterocycles. The highest BCUT2D eigenvalue weighted by atomic mass is 16.5. The van der Waals surface area contributed by atoms with E-state index >= 15 is 0 Å². The molecule has 0 aliphatic rings. The van der Waals surface area contributed by atoms with E-state index in [1.807, 2.05) is 48.5 Å². The molecule has 0 N–H and O–H groups in total. The molecular weight excluding hydrogens is 286 g/mol. The second kappa shape index (κ2) is 12.4. The van der Waals surface area contributed by atoms with Crippen LogP contribution >= 0.6 is 0 Å². The predicted molar refractivity (Wildman–Crippen MR) is 95.0 cm³/mol. The summed E-state index contributed by atoms with van der Waals surface area (Å²) in [6.45, 7) is 4.49. The highest BCUT2D eigenvalue weighted by Crippen LogP contribution is 2.01. The van der Waals surface area contributed by atoms with Gasteiger partial charge in [-0.15, -0.1) is 0 Å². The third-order valence-corrected chi connectivity index (χ3v) is 3.21. The lowest BCUT2D eigenvalue weighted by molar-refractivity contribution is -0.117. The number of nitrogens with zero attached hydrogens (tertiary/aromatic N) is 1. The summed E-state index contributed by atoms with van der Waals surface area (Å²) in [7, 11) is 1.76. The number of unbranched alkanes of at least 4 members (excludes halogenated alkanes) is 1. The normalized spacial score (nSPS) is 9.65. The van der Waals surface area contributed by atoms with E-state index in [1.54, 1.807) is 11.9 Å². The molecule has 0 aliphatic carbocycles. The average Bonchev–Trinajstić information content (AvgIpc) is 2.61. The predicted octanol–water partition coefficient (Wildman–Crippen LogP) is 4.28. The smallest absolute Gasteiger partial charge is 0.209 e. The fraction of sp³-hybridized carbons (Fsp3) is 0.350. The van der Waals surface area contributed by atoms with E-state index in [9.17, 15) is 4.79 Å². The quantitative estimate of drug-likeness (QED) is 0.538. The lowest BCUT2D eigenvalue weighted by atomic mass is 10.2. The van der Waals surface area contributed by atoms with Crippen LogP contribution in [-0.2, 0) is 22.7 Å². The third kappa shape index (κ3) is 9.48. The standard InChI is InChI=1S/C11H16O.C9H11NO/c1-2-3-9-12-10-11-7-5-4-6-8-11;1-10(8-11)7-9-5-3-2-4-6-9/h4-8H,2-3,9-10H2,1H3;2-6,8H,7H2,1H3. The van der Waals surface area contributed by atoms with Gasteiger partial charge in [-0.05, 0) is 17.5 Å². The van der Waals surface area contributed by atoms with Crippen molar-refractivity contribution < 1.29 is 9.53 Å². The maximum atomic E-state index is 10.2. The maximum Gasteiger partial charge on any atom is 0.209 e. The zero-order valence-corrected chi connectivity index (χ0v) is 14.2. The Hall–Kier alpha value is -2.13. The molecule has 0 atom stereocenters. The lowest BCUT2D eigenvalue weighted by Gasteiger charge is -2.09. The van der Waals surface area contributed by atoms with Gasteiger partial charge in [-0.3, -0.25) is 4.79 Å². The van der Waals surface area contributed by atoms with Crippen molar-refractivity contribution in [1.82, 2.24) is 4.90 Å². The van der Waals surface area contributed by atoms with Crippen LogP contribution in [0.4, 0.5) is 0 Å². The van der Waals surface area contributed by atoms with Gasteiger partial charge >= 0.3 is 0 Å². The van der Waals surface area contributed by atoms with E-state index in [1.165, 1.54) is 12.0 Å². The highest BCUT2D eigenvalue weighted by molar-refractivity contribution is 5.46. The fourth-order valence-electron chi connectivity index (χ4n) is 1.92. The summed E-state index contributed by atoms with van der Waals surface area (Å²) in [4.78, 5) is 11.8. The van der Waals surface area contributed by atoms with Gasteiger partial charge in [-0.2, -0.15) is 0 Å². The van der Waals surface area contributed by atoms with Crippen LogP contribution in [0.15, 0.2) is 60.7 Å². The molecule has 1 amide bonds. The molecule has 0 fully saturated rings. The van der Waals surface area contributed by atoms with Crippen LogP contribution in [0.2, 0.25) is 0 Å². The van der Waals surface area contributed by atoms with Gasteiger partial charge in [0.1, 0.15) is 0 Å². The molecule has 23 heavy (non-hydrogen) atoms. The number of amides is 1. The van der Waals surface area contributed by atoms with Crippen molar-refractivity contribution in [3.63, 3.8) is 0 Å². The second-order valence-electron chi connectivity index (χ2n) is 5.40. The van der Waals surface area contributed by atoms with Gasteiger partial charge < -0.3 is 9.64 Å². The Bertz CT molecular complexity index is 514. The van der Waals surface area contributed by atoms with E-state index < -0.39 is 0 Å². The number of carbonyl (C=O) groups excluding carboxylic acids is 1. The first-order valence-electron chi connectivity index (χ1n) is 8.07. The molecule has 3 nitrogen and oxygen atoms in total. The first-order chi connectivity index (χ1) is 11.3. The number of hydrogen-bond acceptors (Lipinski definition) is 2. The highest BCUT2D eigenvalue weighted by Gasteiger charge is 1.93. The van der Waals surface area contributed by atoms with Crippen molar-refractivity contribution in [3.8, 4) is 0 Å². The first kappa shape index (κ1) is 18.9. The van der Waals surface area contributed by atoms with Crippen LogP contribution in [0.5, 0.6) is 0 Å². The zero-order chi connectivity index (χ0) is 16.8. The number of ether oxygens (including phenoxy) is 1. The van der Waals surface area contributed by atoms with E-state index in [-0.39, 0.29) is 0 Å². The van der Waals surface area contributed by atoms with E-state index in [2.05, 4.69) is 19.1 Å². The summed E-state index contributed by atoms with van der Waals surface area (Å²) in [6.07, 6.45) is 3.19. The molecule has 2 aromatic carbocycles. The monoisotopic (exact) mass is 313 g/mol. The van der Waals surface area contributed by atoms with Gasteiger partial charge in [0.25, 0.3) is 0 Å². The van der Waals surface area contributed by atoms with Crippen LogP contribution in [-0.4, -0.2) is 25.0 Å². The van der Waals surface area contributed by atoms with Crippen molar-refractivity contribution in [2.24, 2.45) is 0 Å². The number of carbonyl (C=O) groups is 1. The molecular formula is C20H27NO2. The molecule has 0 saturated carbocycles. The number of benzene rings is 2. The molecule has 2 aromatic rings. The van der Waals surface area contributed by atoms with Crippen LogP contribution < -0.4 is 0 Å². The summed E-state index contributed by atoms with van der Waals surface area (Å²) in [5.74, 6) is 0. The van der Waals surface area contributed by atoms with Crippen LogP contribution in [0.25, 0.3) is 0 Å². The van der Waals surface area contributed by atoms with Gasteiger partial charge in [0.2, 0.25) is 6.41 Å². The summed E-state index contributed by atoms with van der Waals surface area (Å²) < 4.78 is 5.46. The first-order valence-corrected chi connectivity index (χ1v) is 8.07. The molecule has 124 valence electrons. The minimum absolute atomic E-state index is 0.685. The van der Waals surface area contributed by atoms with Crippen molar-refractivity contribution in [3.05, 3.63) is 71.8 Å². The fourth-order valence-corrected chi connectivity index (χ4v) is 1.92.